The molecule has 0 radical (unpaired) electrons. The second-order valence-electron chi connectivity index (χ2n) is 6.11. The van der Waals surface area contributed by atoms with Crippen molar-refractivity contribution in [1.29, 1.82) is 0 Å². The maximum atomic E-state index is 5.64. The van der Waals surface area contributed by atoms with Crippen LogP contribution in [0.15, 0.2) is 54.1 Å². The van der Waals surface area contributed by atoms with Crippen LogP contribution in [0.3, 0.4) is 0 Å². The van der Waals surface area contributed by atoms with Crippen LogP contribution in [0, 0.1) is 0 Å². The zero-order chi connectivity index (χ0) is 18.6. The minimum atomic E-state index is 0.656. The topological polar surface area (TPSA) is 76.7 Å². The number of hydrogen-bond donors (Lipinski definition) is 1. The molecule has 3 aromatic rings. The highest BCUT2D eigenvalue weighted by molar-refractivity contribution is 5.81. The molecule has 0 fully saturated rings. The van der Waals surface area contributed by atoms with E-state index in [-0.39, 0.29) is 0 Å². The Morgan fingerprint density at radius 2 is 2.37 bits per heavy atom. The molecule has 136 valence electrons. The summed E-state index contributed by atoms with van der Waals surface area (Å²) in [4.78, 5) is 8.35. The van der Waals surface area contributed by atoms with Crippen LogP contribution in [0.25, 0.3) is 11.2 Å². The molecule has 0 amide bonds. The molecule has 4 rings (SSSR count). The van der Waals surface area contributed by atoms with E-state index in [1.54, 1.807) is 18.7 Å². The summed E-state index contributed by atoms with van der Waals surface area (Å²) >= 11 is 0. The fourth-order valence-corrected chi connectivity index (χ4v) is 3.26. The van der Waals surface area contributed by atoms with Gasteiger partial charge in [0.25, 0.3) is 0 Å². The highest BCUT2D eigenvalue weighted by Gasteiger charge is 2.16. The zero-order valence-electron chi connectivity index (χ0n) is 15.1. The van der Waals surface area contributed by atoms with Gasteiger partial charge in [0.2, 0.25) is 5.95 Å². The van der Waals surface area contributed by atoms with Crippen LogP contribution in [0.1, 0.15) is 23.6 Å². The first-order valence-electron chi connectivity index (χ1n) is 8.77. The van der Waals surface area contributed by atoms with Crippen LogP contribution in [0.4, 0.5) is 5.95 Å². The lowest BCUT2D eigenvalue weighted by atomic mass is 10.1. The second-order valence-corrected chi connectivity index (χ2v) is 6.11. The molecule has 1 aliphatic rings. The van der Waals surface area contributed by atoms with Crippen molar-refractivity contribution in [1.82, 2.24) is 19.6 Å². The van der Waals surface area contributed by atoms with Crippen LogP contribution >= 0.6 is 0 Å². The summed E-state index contributed by atoms with van der Waals surface area (Å²) in [6.45, 7) is 6.83. The van der Waals surface area contributed by atoms with Crippen LogP contribution in [-0.4, -0.2) is 32.9 Å². The van der Waals surface area contributed by atoms with Gasteiger partial charge in [-0.05, 0) is 36.9 Å². The fourth-order valence-electron chi connectivity index (χ4n) is 3.26. The fraction of sp³-hybridized carbons (Fsp3) is 0.200. The largest absolute Gasteiger partial charge is 0.493 e. The van der Waals surface area contributed by atoms with Crippen molar-refractivity contribution in [2.75, 3.05) is 11.9 Å². The van der Waals surface area contributed by atoms with E-state index in [4.69, 9.17) is 4.74 Å². The predicted octanol–water partition coefficient (Wildman–Crippen LogP) is 3.29. The molecule has 0 aliphatic carbocycles. The molecule has 0 atom stereocenters. The number of rotatable bonds is 6. The average molecular weight is 360 g/mol. The molecule has 7 heteroatoms. The molecule has 3 heterocycles. The van der Waals surface area contributed by atoms with Crippen molar-refractivity contribution in [3.63, 3.8) is 0 Å². The summed E-state index contributed by atoms with van der Waals surface area (Å²) in [6.07, 6.45) is 9.90. The summed E-state index contributed by atoms with van der Waals surface area (Å²) in [5, 5.41) is 11.7. The minimum Gasteiger partial charge on any atom is -0.493 e. The van der Waals surface area contributed by atoms with Gasteiger partial charge in [0, 0.05) is 36.5 Å². The standard InChI is InChI=1S/C20H20N6O/c1-3-14(7-9-21-2)17-12-23-20(26-13-24-25-19(17)26)22-11-15-5-4-6-18-16(15)8-10-27-18/h3-7,9,12-13H,2,8,10-11H2,1H3,(H,22,23)/b9-7-,14-3+. The van der Waals surface area contributed by atoms with Crippen LogP contribution in [-0.2, 0) is 13.0 Å². The number of benzene rings is 1. The Hall–Kier alpha value is -3.48. The van der Waals surface area contributed by atoms with E-state index in [1.165, 1.54) is 11.1 Å². The molecular formula is C20H20N6O. The van der Waals surface area contributed by atoms with E-state index in [9.17, 15) is 0 Å². The number of nitrogens with zero attached hydrogens (tertiary/aromatic N) is 5. The Kier molecular flexibility index (Phi) is 4.65. The van der Waals surface area contributed by atoms with Gasteiger partial charge in [-0.2, -0.15) is 0 Å². The summed E-state index contributed by atoms with van der Waals surface area (Å²) in [6, 6.07) is 6.15. The molecule has 0 unspecified atom stereocenters. The molecule has 1 aromatic carbocycles. The molecule has 2 aromatic heterocycles. The molecule has 7 nitrogen and oxygen atoms in total. The molecule has 0 saturated heterocycles. The summed E-state index contributed by atoms with van der Waals surface area (Å²) in [7, 11) is 0. The van der Waals surface area contributed by atoms with Gasteiger partial charge in [0.1, 0.15) is 12.1 Å². The lowest BCUT2D eigenvalue weighted by Crippen LogP contribution is -2.08. The number of aromatic nitrogens is 4. The van der Waals surface area contributed by atoms with Gasteiger partial charge >= 0.3 is 0 Å². The van der Waals surface area contributed by atoms with Gasteiger partial charge < -0.3 is 10.1 Å². The lowest BCUT2D eigenvalue weighted by molar-refractivity contribution is 0.357. The number of fused-ring (bicyclic) bond motifs is 2. The van der Waals surface area contributed by atoms with E-state index in [0.29, 0.717) is 12.5 Å². The highest BCUT2D eigenvalue weighted by atomic mass is 16.5. The molecule has 1 aliphatic heterocycles. The third-order valence-corrected chi connectivity index (χ3v) is 4.59. The van der Waals surface area contributed by atoms with Crippen LogP contribution < -0.4 is 10.1 Å². The molecule has 0 bridgehead atoms. The van der Waals surface area contributed by atoms with E-state index in [1.807, 2.05) is 35.6 Å². The van der Waals surface area contributed by atoms with Crippen molar-refractivity contribution >= 4 is 23.9 Å². The average Bonchev–Trinajstić information content (AvgIpc) is 3.37. The van der Waals surface area contributed by atoms with E-state index < -0.39 is 0 Å². The first-order chi connectivity index (χ1) is 13.3. The van der Waals surface area contributed by atoms with Crippen molar-refractivity contribution in [2.45, 2.75) is 19.9 Å². The summed E-state index contributed by atoms with van der Waals surface area (Å²) < 4.78 is 7.50. The Bertz CT molecular complexity index is 1050. The Balaban J connectivity index is 1.64. The van der Waals surface area contributed by atoms with Gasteiger partial charge in [0.15, 0.2) is 5.65 Å². The normalized spacial score (nSPS) is 13.7. The van der Waals surface area contributed by atoms with Gasteiger partial charge in [-0.15, -0.1) is 10.2 Å². The first-order valence-corrected chi connectivity index (χ1v) is 8.77. The summed E-state index contributed by atoms with van der Waals surface area (Å²) in [5.74, 6) is 1.67. The summed E-state index contributed by atoms with van der Waals surface area (Å²) in [5.41, 5.74) is 5.05. The molecule has 1 N–H and O–H groups in total. The zero-order valence-corrected chi connectivity index (χ0v) is 15.1. The van der Waals surface area contributed by atoms with Gasteiger partial charge in [-0.3, -0.25) is 9.39 Å². The molecular weight excluding hydrogens is 340 g/mol. The number of nitrogens with one attached hydrogen (secondary N) is 1. The molecule has 27 heavy (non-hydrogen) atoms. The number of ether oxygens (including phenoxy) is 1. The lowest BCUT2D eigenvalue weighted by Gasteiger charge is -2.12. The van der Waals surface area contributed by atoms with Gasteiger partial charge in [-0.1, -0.05) is 18.2 Å². The van der Waals surface area contributed by atoms with Crippen molar-refractivity contribution in [2.24, 2.45) is 4.99 Å². The maximum Gasteiger partial charge on any atom is 0.210 e. The van der Waals surface area contributed by atoms with Gasteiger partial charge in [-0.25, -0.2) is 4.98 Å². The smallest absolute Gasteiger partial charge is 0.210 e. The third-order valence-electron chi connectivity index (χ3n) is 4.59. The Morgan fingerprint density at radius 1 is 1.44 bits per heavy atom. The number of hydrogen-bond acceptors (Lipinski definition) is 6. The maximum absolute atomic E-state index is 5.64. The van der Waals surface area contributed by atoms with Crippen molar-refractivity contribution in [3.05, 3.63) is 65.8 Å². The quantitative estimate of drug-likeness (QED) is 0.539. The Labute approximate surface area is 157 Å². The van der Waals surface area contributed by atoms with E-state index in [0.717, 1.165) is 35.6 Å². The van der Waals surface area contributed by atoms with E-state index in [2.05, 4.69) is 38.3 Å². The Morgan fingerprint density at radius 3 is 3.22 bits per heavy atom. The SMILES string of the molecule is C=N/C=C\C(=C/C)c1cnc(NCc2cccc3c2CCO3)n2cnnc12. The molecule has 0 saturated carbocycles. The van der Waals surface area contributed by atoms with E-state index >= 15 is 0 Å². The third kappa shape index (κ3) is 3.19. The van der Waals surface area contributed by atoms with Gasteiger partial charge in [0.05, 0.1) is 6.61 Å². The highest BCUT2D eigenvalue weighted by Crippen LogP contribution is 2.29. The monoisotopic (exact) mass is 360 g/mol. The van der Waals surface area contributed by atoms with Crippen LogP contribution in [0.5, 0.6) is 5.75 Å². The van der Waals surface area contributed by atoms with Crippen molar-refractivity contribution in [3.8, 4) is 5.75 Å². The number of aliphatic imine (C=N–C) groups is 1. The second kappa shape index (κ2) is 7.41. The van der Waals surface area contributed by atoms with Crippen LogP contribution in [0.2, 0.25) is 0 Å². The number of anilines is 1. The first kappa shape index (κ1) is 17.0. The molecule has 0 spiro atoms. The van der Waals surface area contributed by atoms with Crippen molar-refractivity contribution < 1.29 is 4.74 Å². The number of allylic oxidation sites excluding steroid dienone is 3. The minimum absolute atomic E-state index is 0.656. The predicted molar refractivity (Wildman–Crippen MR) is 106 cm³/mol.